The largest absolute Gasteiger partial charge is 0.466 e. The predicted octanol–water partition coefficient (Wildman–Crippen LogP) is 0.00750. The highest BCUT2D eigenvalue weighted by molar-refractivity contribution is 5.80. The SMILES string of the molecule is CCOC(=O)C1CCCN(C(=O)CNC)C1. The molecule has 0 aromatic rings. The Bertz CT molecular complexity index is 232. The first-order valence-corrected chi connectivity index (χ1v) is 5.78. The number of nitrogens with one attached hydrogen (secondary N) is 1. The van der Waals surface area contributed by atoms with Crippen molar-refractivity contribution in [3.05, 3.63) is 0 Å². The van der Waals surface area contributed by atoms with Crippen LogP contribution in [0.1, 0.15) is 19.8 Å². The molecule has 0 bridgehead atoms. The number of hydrogen-bond donors (Lipinski definition) is 1. The molecule has 0 aromatic carbocycles. The molecule has 1 heterocycles. The molecule has 0 radical (unpaired) electrons. The third-order valence-electron chi connectivity index (χ3n) is 2.72. The average molecular weight is 228 g/mol. The lowest BCUT2D eigenvalue weighted by molar-refractivity contribution is -0.151. The van der Waals surface area contributed by atoms with E-state index in [0.717, 1.165) is 19.4 Å². The summed E-state index contributed by atoms with van der Waals surface area (Å²) in [6.45, 7) is 3.77. The molecule has 1 aliphatic rings. The predicted molar refractivity (Wildman–Crippen MR) is 59.9 cm³/mol. The second-order valence-corrected chi connectivity index (χ2v) is 3.96. The van der Waals surface area contributed by atoms with Crippen LogP contribution in [0.15, 0.2) is 0 Å². The molecular formula is C11H20N2O3. The highest BCUT2D eigenvalue weighted by Gasteiger charge is 2.28. The number of carbonyl (C=O) groups excluding carboxylic acids is 2. The van der Waals surface area contributed by atoms with Gasteiger partial charge in [0.05, 0.1) is 19.1 Å². The second-order valence-electron chi connectivity index (χ2n) is 3.96. The van der Waals surface area contributed by atoms with Gasteiger partial charge in [-0.3, -0.25) is 9.59 Å². The summed E-state index contributed by atoms with van der Waals surface area (Å²) >= 11 is 0. The van der Waals surface area contributed by atoms with Gasteiger partial charge in [-0.25, -0.2) is 0 Å². The first kappa shape index (κ1) is 13.0. The Morgan fingerprint density at radius 3 is 2.88 bits per heavy atom. The van der Waals surface area contributed by atoms with Crippen LogP contribution in [0, 0.1) is 5.92 Å². The number of esters is 1. The van der Waals surface area contributed by atoms with E-state index >= 15 is 0 Å². The molecule has 5 nitrogen and oxygen atoms in total. The van der Waals surface area contributed by atoms with Crippen LogP contribution < -0.4 is 5.32 Å². The van der Waals surface area contributed by atoms with E-state index in [2.05, 4.69) is 5.32 Å². The average Bonchev–Trinajstić information content (AvgIpc) is 2.30. The van der Waals surface area contributed by atoms with Crippen molar-refractivity contribution in [3.8, 4) is 0 Å². The quantitative estimate of drug-likeness (QED) is 0.688. The summed E-state index contributed by atoms with van der Waals surface area (Å²) < 4.78 is 4.98. The van der Waals surface area contributed by atoms with Crippen molar-refractivity contribution in [3.63, 3.8) is 0 Å². The van der Waals surface area contributed by atoms with Crippen molar-refractivity contribution in [2.45, 2.75) is 19.8 Å². The van der Waals surface area contributed by atoms with E-state index in [1.54, 1.807) is 18.9 Å². The molecule has 1 rings (SSSR count). The zero-order chi connectivity index (χ0) is 12.0. The zero-order valence-electron chi connectivity index (χ0n) is 9.99. The molecule has 1 amide bonds. The minimum atomic E-state index is -0.176. The Labute approximate surface area is 96.1 Å². The zero-order valence-corrected chi connectivity index (χ0v) is 9.99. The van der Waals surface area contributed by atoms with Crippen molar-refractivity contribution in [2.24, 2.45) is 5.92 Å². The van der Waals surface area contributed by atoms with E-state index in [9.17, 15) is 9.59 Å². The first-order valence-electron chi connectivity index (χ1n) is 5.78. The Kier molecular flexibility index (Phi) is 5.25. The monoisotopic (exact) mass is 228 g/mol. The third kappa shape index (κ3) is 3.48. The van der Waals surface area contributed by atoms with Crippen LogP contribution in [0.5, 0.6) is 0 Å². The van der Waals surface area contributed by atoms with E-state index in [0.29, 0.717) is 19.7 Å². The van der Waals surface area contributed by atoms with E-state index in [-0.39, 0.29) is 17.8 Å². The van der Waals surface area contributed by atoms with Gasteiger partial charge < -0.3 is 15.0 Å². The molecule has 0 saturated carbocycles. The summed E-state index contributed by atoms with van der Waals surface area (Å²) in [6.07, 6.45) is 1.70. The molecule has 1 N–H and O–H groups in total. The van der Waals surface area contributed by atoms with Gasteiger partial charge in [-0.2, -0.15) is 0 Å². The maximum absolute atomic E-state index is 11.6. The number of amides is 1. The lowest BCUT2D eigenvalue weighted by Crippen LogP contribution is -2.45. The highest BCUT2D eigenvalue weighted by atomic mass is 16.5. The fourth-order valence-electron chi connectivity index (χ4n) is 1.92. The molecular weight excluding hydrogens is 208 g/mol. The van der Waals surface area contributed by atoms with Crippen LogP contribution in [-0.2, 0) is 14.3 Å². The van der Waals surface area contributed by atoms with Crippen LogP contribution in [-0.4, -0.2) is 50.1 Å². The standard InChI is InChI=1S/C11H20N2O3/c1-3-16-11(15)9-5-4-6-13(8-9)10(14)7-12-2/h9,12H,3-8H2,1-2H3. The summed E-state index contributed by atoms with van der Waals surface area (Å²) in [7, 11) is 1.74. The minimum absolute atomic E-state index is 0.0523. The molecule has 1 fully saturated rings. The van der Waals surface area contributed by atoms with Crippen molar-refractivity contribution < 1.29 is 14.3 Å². The van der Waals surface area contributed by atoms with Crippen molar-refractivity contribution in [1.82, 2.24) is 10.2 Å². The van der Waals surface area contributed by atoms with Crippen molar-refractivity contribution in [1.29, 1.82) is 0 Å². The van der Waals surface area contributed by atoms with Gasteiger partial charge in [0.1, 0.15) is 0 Å². The first-order chi connectivity index (χ1) is 7.69. The smallest absolute Gasteiger partial charge is 0.310 e. The molecule has 0 aromatic heterocycles. The number of hydrogen-bond acceptors (Lipinski definition) is 4. The molecule has 16 heavy (non-hydrogen) atoms. The Morgan fingerprint density at radius 1 is 1.50 bits per heavy atom. The number of rotatable bonds is 4. The number of ether oxygens (including phenoxy) is 1. The van der Waals surface area contributed by atoms with Crippen LogP contribution in [0.2, 0.25) is 0 Å². The lowest BCUT2D eigenvalue weighted by Gasteiger charge is -2.31. The number of likely N-dealkylation sites (tertiary alicyclic amines) is 1. The van der Waals surface area contributed by atoms with Gasteiger partial charge in [-0.1, -0.05) is 0 Å². The van der Waals surface area contributed by atoms with Crippen molar-refractivity contribution in [2.75, 3.05) is 33.3 Å². The van der Waals surface area contributed by atoms with E-state index in [4.69, 9.17) is 4.74 Å². The molecule has 0 spiro atoms. The van der Waals surface area contributed by atoms with E-state index in [1.807, 2.05) is 0 Å². The molecule has 1 aliphatic heterocycles. The lowest BCUT2D eigenvalue weighted by atomic mass is 9.98. The van der Waals surface area contributed by atoms with Gasteiger partial charge in [-0.15, -0.1) is 0 Å². The summed E-state index contributed by atoms with van der Waals surface area (Å²) in [5, 5.41) is 2.83. The fraction of sp³-hybridized carbons (Fsp3) is 0.818. The van der Waals surface area contributed by atoms with Gasteiger partial charge >= 0.3 is 5.97 Å². The normalized spacial score (nSPS) is 20.6. The molecule has 0 aliphatic carbocycles. The molecule has 1 saturated heterocycles. The van der Waals surface area contributed by atoms with Gasteiger partial charge in [0.25, 0.3) is 0 Å². The van der Waals surface area contributed by atoms with Gasteiger partial charge in [0.2, 0.25) is 5.91 Å². The molecule has 5 heteroatoms. The summed E-state index contributed by atoms with van der Waals surface area (Å²) in [4.78, 5) is 24.9. The number of piperidine rings is 1. The summed E-state index contributed by atoms with van der Waals surface area (Å²) in [5.74, 6) is -0.268. The van der Waals surface area contributed by atoms with Crippen LogP contribution in [0.25, 0.3) is 0 Å². The topological polar surface area (TPSA) is 58.6 Å². The maximum atomic E-state index is 11.6. The van der Waals surface area contributed by atoms with E-state index < -0.39 is 0 Å². The van der Waals surface area contributed by atoms with Gasteiger partial charge in [-0.05, 0) is 26.8 Å². The second kappa shape index (κ2) is 6.48. The van der Waals surface area contributed by atoms with Crippen molar-refractivity contribution >= 4 is 11.9 Å². The Morgan fingerprint density at radius 2 is 2.25 bits per heavy atom. The number of likely N-dealkylation sites (N-methyl/N-ethyl adjacent to an activating group) is 1. The highest BCUT2D eigenvalue weighted by Crippen LogP contribution is 2.17. The van der Waals surface area contributed by atoms with E-state index in [1.165, 1.54) is 0 Å². The van der Waals surface area contributed by atoms with Crippen LogP contribution in [0.4, 0.5) is 0 Å². The Hall–Kier alpha value is -1.10. The van der Waals surface area contributed by atoms with Gasteiger partial charge in [0, 0.05) is 13.1 Å². The number of carbonyl (C=O) groups is 2. The van der Waals surface area contributed by atoms with Crippen LogP contribution in [0.3, 0.4) is 0 Å². The Balaban J connectivity index is 2.46. The fourth-order valence-corrected chi connectivity index (χ4v) is 1.92. The van der Waals surface area contributed by atoms with Crippen LogP contribution >= 0.6 is 0 Å². The van der Waals surface area contributed by atoms with Gasteiger partial charge in [0.15, 0.2) is 0 Å². The molecule has 92 valence electrons. The summed E-state index contributed by atoms with van der Waals surface area (Å²) in [6, 6.07) is 0. The summed E-state index contributed by atoms with van der Waals surface area (Å²) in [5.41, 5.74) is 0. The maximum Gasteiger partial charge on any atom is 0.310 e. The third-order valence-corrected chi connectivity index (χ3v) is 2.72. The molecule has 1 atom stereocenters. The molecule has 1 unspecified atom stereocenters. The number of nitrogens with zero attached hydrogens (tertiary/aromatic N) is 1. The minimum Gasteiger partial charge on any atom is -0.466 e.